The molecular formula is C16H16N2O2. The maximum atomic E-state index is 6.04. The summed E-state index contributed by atoms with van der Waals surface area (Å²) in [5.74, 6) is 1.40. The van der Waals surface area contributed by atoms with Gasteiger partial charge in [-0.25, -0.2) is 4.98 Å². The maximum absolute atomic E-state index is 6.04. The Morgan fingerprint density at radius 2 is 1.85 bits per heavy atom. The van der Waals surface area contributed by atoms with Crippen LogP contribution in [0.1, 0.15) is 11.1 Å². The maximum Gasteiger partial charge on any atom is 0.227 e. The van der Waals surface area contributed by atoms with Crippen LogP contribution in [0.15, 0.2) is 34.7 Å². The first-order valence-electron chi connectivity index (χ1n) is 6.41. The van der Waals surface area contributed by atoms with Crippen LogP contribution in [0.5, 0.6) is 5.75 Å². The van der Waals surface area contributed by atoms with Crippen LogP contribution in [0.25, 0.3) is 22.6 Å². The number of benzene rings is 2. The first kappa shape index (κ1) is 12.5. The lowest BCUT2D eigenvalue weighted by Gasteiger charge is -2.02. The number of aromatic nitrogens is 1. The molecule has 1 heterocycles. The zero-order valence-electron chi connectivity index (χ0n) is 11.7. The standard InChI is InChI=1S/C16H16N2O2/c1-9-8-13-15(10(2)14(9)17)18-16(20-13)11-4-6-12(19-3)7-5-11/h4-8H,17H2,1-3H3. The summed E-state index contributed by atoms with van der Waals surface area (Å²) in [6.45, 7) is 3.93. The fourth-order valence-electron chi connectivity index (χ4n) is 2.25. The predicted octanol–water partition coefficient (Wildman–Crippen LogP) is 3.70. The smallest absolute Gasteiger partial charge is 0.227 e. The van der Waals surface area contributed by atoms with E-state index in [2.05, 4.69) is 4.98 Å². The molecule has 0 saturated carbocycles. The zero-order valence-corrected chi connectivity index (χ0v) is 11.7. The van der Waals surface area contributed by atoms with Gasteiger partial charge in [-0.15, -0.1) is 0 Å². The molecule has 0 saturated heterocycles. The fourth-order valence-corrected chi connectivity index (χ4v) is 2.25. The van der Waals surface area contributed by atoms with Crippen molar-refractivity contribution in [2.75, 3.05) is 12.8 Å². The average molecular weight is 268 g/mol. The van der Waals surface area contributed by atoms with E-state index in [-0.39, 0.29) is 0 Å². The summed E-state index contributed by atoms with van der Waals surface area (Å²) < 4.78 is 11.0. The third-order valence-electron chi connectivity index (χ3n) is 3.52. The normalized spacial score (nSPS) is 10.9. The lowest BCUT2D eigenvalue weighted by Crippen LogP contribution is -1.93. The molecule has 0 spiro atoms. The Balaban J connectivity index is 2.15. The summed E-state index contributed by atoms with van der Waals surface area (Å²) in [5.41, 5.74) is 11.3. The Hall–Kier alpha value is -2.49. The first-order chi connectivity index (χ1) is 9.60. The third-order valence-corrected chi connectivity index (χ3v) is 3.52. The molecule has 0 radical (unpaired) electrons. The number of rotatable bonds is 2. The van der Waals surface area contributed by atoms with Crippen LogP contribution in [-0.4, -0.2) is 12.1 Å². The minimum absolute atomic E-state index is 0.593. The van der Waals surface area contributed by atoms with Gasteiger partial charge in [-0.1, -0.05) is 0 Å². The van der Waals surface area contributed by atoms with E-state index >= 15 is 0 Å². The summed E-state index contributed by atoms with van der Waals surface area (Å²) in [7, 11) is 1.64. The SMILES string of the molecule is COc1ccc(-c2nc3c(C)c(N)c(C)cc3o2)cc1. The zero-order chi connectivity index (χ0) is 14.3. The van der Waals surface area contributed by atoms with Gasteiger partial charge >= 0.3 is 0 Å². The number of anilines is 1. The highest BCUT2D eigenvalue weighted by Crippen LogP contribution is 2.31. The van der Waals surface area contributed by atoms with Gasteiger partial charge in [-0.2, -0.15) is 0 Å². The highest BCUT2D eigenvalue weighted by atomic mass is 16.5. The Labute approximate surface area is 117 Å². The Bertz CT molecular complexity index is 773. The summed E-state index contributed by atoms with van der Waals surface area (Å²) >= 11 is 0. The molecule has 0 unspecified atom stereocenters. The van der Waals surface area contributed by atoms with Gasteiger partial charge in [-0.3, -0.25) is 0 Å². The van der Waals surface area contributed by atoms with Crippen molar-refractivity contribution in [1.82, 2.24) is 4.98 Å². The van der Waals surface area contributed by atoms with Crippen molar-refractivity contribution >= 4 is 16.8 Å². The summed E-state index contributed by atoms with van der Waals surface area (Å²) in [5, 5.41) is 0. The minimum Gasteiger partial charge on any atom is -0.497 e. The van der Waals surface area contributed by atoms with Crippen LogP contribution < -0.4 is 10.5 Å². The Kier molecular flexibility index (Phi) is 2.86. The van der Waals surface area contributed by atoms with Gasteiger partial charge in [0.25, 0.3) is 0 Å². The fraction of sp³-hybridized carbons (Fsp3) is 0.188. The Morgan fingerprint density at radius 3 is 2.50 bits per heavy atom. The Morgan fingerprint density at radius 1 is 1.15 bits per heavy atom. The van der Waals surface area contributed by atoms with E-state index in [1.165, 1.54) is 0 Å². The van der Waals surface area contributed by atoms with Gasteiger partial charge in [0.15, 0.2) is 5.58 Å². The van der Waals surface area contributed by atoms with Crippen LogP contribution in [-0.2, 0) is 0 Å². The van der Waals surface area contributed by atoms with Crippen molar-refractivity contribution in [2.45, 2.75) is 13.8 Å². The van der Waals surface area contributed by atoms with Crippen molar-refractivity contribution in [3.8, 4) is 17.2 Å². The van der Waals surface area contributed by atoms with Crippen molar-refractivity contribution in [3.05, 3.63) is 41.5 Å². The first-order valence-corrected chi connectivity index (χ1v) is 6.41. The molecule has 1 aromatic heterocycles. The number of hydrogen-bond donors (Lipinski definition) is 1. The second-order valence-electron chi connectivity index (χ2n) is 4.83. The molecule has 3 rings (SSSR count). The van der Waals surface area contributed by atoms with Crippen LogP contribution in [0.3, 0.4) is 0 Å². The predicted molar refractivity (Wildman–Crippen MR) is 79.9 cm³/mol. The molecule has 3 aromatic rings. The van der Waals surface area contributed by atoms with E-state index in [1.54, 1.807) is 7.11 Å². The third kappa shape index (κ3) is 1.90. The number of methoxy groups -OCH3 is 1. The molecule has 20 heavy (non-hydrogen) atoms. The number of aryl methyl sites for hydroxylation is 2. The number of nitrogens with two attached hydrogens (primary N) is 1. The molecule has 2 N–H and O–H groups in total. The molecule has 0 aliphatic rings. The second kappa shape index (κ2) is 4.56. The van der Waals surface area contributed by atoms with E-state index in [0.717, 1.165) is 39.2 Å². The molecule has 0 bridgehead atoms. The van der Waals surface area contributed by atoms with Gasteiger partial charge in [0, 0.05) is 16.8 Å². The van der Waals surface area contributed by atoms with Gasteiger partial charge in [0.1, 0.15) is 11.3 Å². The molecule has 4 heteroatoms. The van der Waals surface area contributed by atoms with Gasteiger partial charge in [-0.05, 0) is 49.7 Å². The topological polar surface area (TPSA) is 61.3 Å². The molecule has 0 amide bonds. The largest absolute Gasteiger partial charge is 0.497 e. The van der Waals surface area contributed by atoms with E-state index < -0.39 is 0 Å². The van der Waals surface area contributed by atoms with Gasteiger partial charge < -0.3 is 14.9 Å². The highest BCUT2D eigenvalue weighted by molar-refractivity contribution is 5.85. The quantitative estimate of drug-likeness (QED) is 0.720. The number of nitrogens with zero attached hydrogens (tertiary/aromatic N) is 1. The van der Waals surface area contributed by atoms with E-state index in [0.29, 0.717) is 5.89 Å². The molecule has 4 nitrogen and oxygen atoms in total. The number of hydrogen-bond acceptors (Lipinski definition) is 4. The van der Waals surface area contributed by atoms with Crippen LogP contribution in [0.4, 0.5) is 5.69 Å². The van der Waals surface area contributed by atoms with Gasteiger partial charge in [0.05, 0.1) is 7.11 Å². The van der Waals surface area contributed by atoms with Crippen molar-refractivity contribution < 1.29 is 9.15 Å². The lowest BCUT2D eigenvalue weighted by atomic mass is 10.1. The summed E-state index contributed by atoms with van der Waals surface area (Å²) in [6.07, 6.45) is 0. The summed E-state index contributed by atoms with van der Waals surface area (Å²) in [4.78, 5) is 4.55. The van der Waals surface area contributed by atoms with Crippen molar-refractivity contribution in [1.29, 1.82) is 0 Å². The molecule has 2 aromatic carbocycles. The molecule has 102 valence electrons. The molecular weight excluding hydrogens is 252 g/mol. The molecule has 0 atom stereocenters. The van der Waals surface area contributed by atoms with Crippen LogP contribution in [0.2, 0.25) is 0 Å². The monoisotopic (exact) mass is 268 g/mol. The summed E-state index contributed by atoms with van der Waals surface area (Å²) in [6, 6.07) is 9.55. The van der Waals surface area contributed by atoms with Crippen LogP contribution in [0, 0.1) is 13.8 Å². The number of fused-ring (bicyclic) bond motifs is 1. The number of ether oxygens (including phenoxy) is 1. The van der Waals surface area contributed by atoms with E-state index in [1.807, 2.05) is 44.2 Å². The highest BCUT2D eigenvalue weighted by Gasteiger charge is 2.13. The van der Waals surface area contributed by atoms with Crippen molar-refractivity contribution in [3.63, 3.8) is 0 Å². The number of oxazole rings is 1. The van der Waals surface area contributed by atoms with Crippen LogP contribution >= 0.6 is 0 Å². The lowest BCUT2D eigenvalue weighted by molar-refractivity contribution is 0.415. The molecule has 0 aliphatic carbocycles. The minimum atomic E-state index is 0.593. The molecule has 0 aliphatic heterocycles. The second-order valence-corrected chi connectivity index (χ2v) is 4.83. The van der Waals surface area contributed by atoms with E-state index in [9.17, 15) is 0 Å². The van der Waals surface area contributed by atoms with E-state index in [4.69, 9.17) is 14.9 Å². The average Bonchev–Trinajstić information content (AvgIpc) is 2.89. The number of nitrogen functional groups attached to an aromatic ring is 1. The van der Waals surface area contributed by atoms with Crippen molar-refractivity contribution in [2.24, 2.45) is 0 Å². The van der Waals surface area contributed by atoms with Gasteiger partial charge in [0.2, 0.25) is 5.89 Å². The molecule has 0 fully saturated rings.